The number of rotatable bonds is 6. The van der Waals surface area contributed by atoms with Gasteiger partial charge in [0, 0.05) is 24.2 Å². The molecule has 0 fully saturated rings. The minimum Gasteiger partial charge on any atom is -0.497 e. The first-order valence-corrected chi connectivity index (χ1v) is 5.67. The lowest BCUT2D eigenvalue weighted by Crippen LogP contribution is -2.42. The third kappa shape index (κ3) is 4.63. The van der Waals surface area contributed by atoms with E-state index in [4.69, 9.17) is 15.2 Å². The molecule has 96 valence electrons. The first kappa shape index (κ1) is 13.8. The van der Waals surface area contributed by atoms with E-state index in [0.717, 1.165) is 23.6 Å². The van der Waals surface area contributed by atoms with E-state index in [-0.39, 0.29) is 5.54 Å². The Balaban J connectivity index is 2.68. The maximum atomic E-state index is 5.91. The van der Waals surface area contributed by atoms with Gasteiger partial charge in [0.2, 0.25) is 0 Å². The molecule has 4 heteroatoms. The van der Waals surface area contributed by atoms with Gasteiger partial charge in [0.25, 0.3) is 0 Å². The van der Waals surface area contributed by atoms with Crippen molar-refractivity contribution in [2.45, 2.75) is 25.9 Å². The molecular formula is C13H22N2O2. The van der Waals surface area contributed by atoms with Crippen molar-refractivity contribution in [1.82, 2.24) is 5.32 Å². The molecule has 0 amide bonds. The molecule has 0 unspecified atom stereocenters. The molecule has 1 aromatic rings. The number of hydrogen-bond donors (Lipinski definition) is 2. The maximum Gasteiger partial charge on any atom is 0.123 e. The molecule has 0 saturated carbocycles. The second kappa shape index (κ2) is 5.89. The molecular weight excluding hydrogens is 216 g/mol. The van der Waals surface area contributed by atoms with Crippen molar-refractivity contribution in [2.75, 3.05) is 20.8 Å². The van der Waals surface area contributed by atoms with E-state index in [1.807, 2.05) is 32.0 Å². The predicted molar refractivity (Wildman–Crippen MR) is 69.5 cm³/mol. The van der Waals surface area contributed by atoms with Crippen LogP contribution in [0, 0.1) is 0 Å². The van der Waals surface area contributed by atoms with Crippen LogP contribution in [0.5, 0.6) is 11.5 Å². The van der Waals surface area contributed by atoms with Crippen LogP contribution in [0.25, 0.3) is 0 Å². The summed E-state index contributed by atoms with van der Waals surface area (Å²) in [5.74, 6) is 1.68. The van der Waals surface area contributed by atoms with Gasteiger partial charge in [-0.25, -0.2) is 0 Å². The summed E-state index contributed by atoms with van der Waals surface area (Å²) in [6.45, 7) is 5.43. The molecule has 1 aromatic carbocycles. The third-order valence-corrected chi connectivity index (χ3v) is 2.38. The number of nitrogens with one attached hydrogen (secondary N) is 1. The zero-order chi connectivity index (χ0) is 12.9. The van der Waals surface area contributed by atoms with Crippen LogP contribution >= 0.6 is 0 Å². The summed E-state index contributed by atoms with van der Waals surface area (Å²) >= 11 is 0. The highest BCUT2D eigenvalue weighted by Gasteiger charge is 2.10. The molecule has 0 radical (unpaired) electrons. The number of hydrogen-bond acceptors (Lipinski definition) is 4. The molecule has 0 aromatic heterocycles. The summed E-state index contributed by atoms with van der Waals surface area (Å²) in [5.41, 5.74) is 6.76. The van der Waals surface area contributed by atoms with Crippen molar-refractivity contribution in [3.63, 3.8) is 0 Å². The van der Waals surface area contributed by atoms with Crippen molar-refractivity contribution in [3.05, 3.63) is 23.8 Å². The highest BCUT2D eigenvalue weighted by Crippen LogP contribution is 2.23. The molecule has 0 aliphatic carbocycles. The molecule has 1 rings (SSSR count). The van der Waals surface area contributed by atoms with Crippen LogP contribution in [0.15, 0.2) is 18.2 Å². The number of methoxy groups -OCH3 is 2. The van der Waals surface area contributed by atoms with Crippen molar-refractivity contribution in [2.24, 2.45) is 5.73 Å². The summed E-state index contributed by atoms with van der Waals surface area (Å²) in [6.07, 6.45) is 0. The molecule has 0 saturated heterocycles. The summed E-state index contributed by atoms with van der Waals surface area (Å²) < 4.78 is 10.5. The lowest BCUT2D eigenvalue weighted by molar-refractivity contribution is 0.394. The van der Waals surface area contributed by atoms with Crippen LogP contribution in [0.1, 0.15) is 19.4 Å². The highest BCUT2D eigenvalue weighted by atomic mass is 16.5. The average molecular weight is 238 g/mol. The fourth-order valence-corrected chi connectivity index (χ4v) is 1.54. The largest absolute Gasteiger partial charge is 0.497 e. The standard InChI is InChI=1S/C13H22N2O2/c1-13(2,14)9-15-8-10-7-11(16-3)5-6-12(10)17-4/h5-7,15H,8-9,14H2,1-4H3. The van der Waals surface area contributed by atoms with Crippen molar-refractivity contribution < 1.29 is 9.47 Å². The van der Waals surface area contributed by atoms with Gasteiger partial charge < -0.3 is 20.5 Å². The van der Waals surface area contributed by atoms with Crippen LogP contribution < -0.4 is 20.5 Å². The molecule has 0 aliphatic rings. The van der Waals surface area contributed by atoms with Gasteiger partial charge in [0.15, 0.2) is 0 Å². The maximum absolute atomic E-state index is 5.91. The van der Waals surface area contributed by atoms with Crippen molar-refractivity contribution >= 4 is 0 Å². The zero-order valence-electron chi connectivity index (χ0n) is 11.0. The van der Waals surface area contributed by atoms with Gasteiger partial charge in [-0.3, -0.25) is 0 Å². The summed E-state index contributed by atoms with van der Waals surface area (Å²) in [4.78, 5) is 0. The molecule has 4 nitrogen and oxygen atoms in total. The first-order valence-electron chi connectivity index (χ1n) is 5.67. The zero-order valence-corrected chi connectivity index (χ0v) is 11.0. The van der Waals surface area contributed by atoms with Gasteiger partial charge in [-0.2, -0.15) is 0 Å². The van der Waals surface area contributed by atoms with Crippen LogP contribution in [0.4, 0.5) is 0 Å². The molecule has 0 heterocycles. The van der Waals surface area contributed by atoms with Crippen LogP contribution in [-0.4, -0.2) is 26.3 Å². The molecule has 17 heavy (non-hydrogen) atoms. The normalized spacial score (nSPS) is 11.4. The third-order valence-electron chi connectivity index (χ3n) is 2.38. The lowest BCUT2D eigenvalue weighted by Gasteiger charge is -2.19. The van der Waals surface area contributed by atoms with Crippen LogP contribution in [0.2, 0.25) is 0 Å². The number of ether oxygens (including phenoxy) is 2. The average Bonchev–Trinajstić information content (AvgIpc) is 2.27. The van der Waals surface area contributed by atoms with Gasteiger partial charge in [-0.05, 0) is 32.0 Å². The molecule has 0 atom stereocenters. The fraction of sp³-hybridized carbons (Fsp3) is 0.538. The predicted octanol–water partition coefficient (Wildman–Crippen LogP) is 1.53. The van der Waals surface area contributed by atoms with Gasteiger partial charge >= 0.3 is 0 Å². The summed E-state index contributed by atoms with van der Waals surface area (Å²) in [6, 6.07) is 5.76. The first-order chi connectivity index (χ1) is 7.96. The van der Waals surface area contributed by atoms with E-state index in [2.05, 4.69) is 5.32 Å². The topological polar surface area (TPSA) is 56.5 Å². The molecule has 0 aliphatic heterocycles. The van der Waals surface area contributed by atoms with Crippen molar-refractivity contribution in [1.29, 1.82) is 0 Å². The van der Waals surface area contributed by atoms with E-state index in [9.17, 15) is 0 Å². The summed E-state index contributed by atoms with van der Waals surface area (Å²) in [5, 5.41) is 3.31. The van der Waals surface area contributed by atoms with Crippen LogP contribution in [-0.2, 0) is 6.54 Å². The number of benzene rings is 1. The van der Waals surface area contributed by atoms with Gasteiger partial charge in [-0.15, -0.1) is 0 Å². The van der Waals surface area contributed by atoms with Crippen LogP contribution in [0.3, 0.4) is 0 Å². The Morgan fingerprint density at radius 1 is 1.24 bits per heavy atom. The van der Waals surface area contributed by atoms with Gasteiger partial charge in [-0.1, -0.05) is 0 Å². The Morgan fingerprint density at radius 2 is 1.94 bits per heavy atom. The monoisotopic (exact) mass is 238 g/mol. The minimum atomic E-state index is -0.216. The Bertz CT molecular complexity index is 359. The molecule has 0 bridgehead atoms. The Hall–Kier alpha value is -1.26. The van der Waals surface area contributed by atoms with Gasteiger partial charge in [0.05, 0.1) is 14.2 Å². The fourth-order valence-electron chi connectivity index (χ4n) is 1.54. The quantitative estimate of drug-likeness (QED) is 0.789. The van der Waals surface area contributed by atoms with E-state index in [1.165, 1.54) is 0 Å². The van der Waals surface area contributed by atoms with E-state index < -0.39 is 0 Å². The van der Waals surface area contributed by atoms with Gasteiger partial charge in [0.1, 0.15) is 11.5 Å². The number of nitrogens with two attached hydrogens (primary N) is 1. The summed E-state index contributed by atoms with van der Waals surface area (Å²) in [7, 11) is 3.32. The minimum absolute atomic E-state index is 0.216. The smallest absolute Gasteiger partial charge is 0.123 e. The second-order valence-electron chi connectivity index (χ2n) is 4.77. The second-order valence-corrected chi connectivity index (χ2v) is 4.77. The van der Waals surface area contributed by atoms with Crippen molar-refractivity contribution in [3.8, 4) is 11.5 Å². The molecule has 3 N–H and O–H groups in total. The molecule has 0 spiro atoms. The highest BCUT2D eigenvalue weighted by molar-refractivity contribution is 5.40. The Labute approximate surface area is 103 Å². The van der Waals surface area contributed by atoms with E-state index in [1.54, 1.807) is 14.2 Å². The van der Waals surface area contributed by atoms with E-state index >= 15 is 0 Å². The Morgan fingerprint density at radius 3 is 2.47 bits per heavy atom. The van der Waals surface area contributed by atoms with E-state index in [0.29, 0.717) is 6.54 Å². The SMILES string of the molecule is COc1ccc(OC)c(CNCC(C)(C)N)c1. The Kier molecular flexibility index (Phi) is 4.78. The lowest BCUT2D eigenvalue weighted by atomic mass is 10.1.